The average Bonchev–Trinajstić information content (AvgIpc) is 2.71. The van der Waals surface area contributed by atoms with Crippen LogP contribution in [0.1, 0.15) is 118 Å². The molecule has 0 fully saturated rings. The van der Waals surface area contributed by atoms with Crippen LogP contribution in [0.3, 0.4) is 0 Å². The lowest BCUT2D eigenvalue weighted by molar-refractivity contribution is 0.182. The van der Waals surface area contributed by atoms with Crippen molar-refractivity contribution in [2.45, 2.75) is 119 Å². The molecule has 0 heterocycles. The maximum Gasteiger partial charge on any atom is 0.123 e. The summed E-state index contributed by atoms with van der Waals surface area (Å²) < 4.78 is 9.54. The lowest BCUT2D eigenvalue weighted by Gasteiger charge is -2.28. The zero-order chi connectivity index (χ0) is 30.3. The molecule has 0 aliphatic carbocycles. The Morgan fingerprint density at radius 3 is 1.08 bits per heavy atom. The molecule has 0 radical (unpaired) electrons. The normalized spacial score (nSPS) is 12.0. The number of halogens is 1. The monoisotopic (exact) mass is 568 g/mol. The van der Waals surface area contributed by atoms with Crippen molar-refractivity contribution in [3.05, 3.63) is 52.1 Å². The average molecular weight is 569 g/mol. The van der Waals surface area contributed by atoms with Crippen LogP contribution >= 0.6 is 11.6 Å². The molecular formula is C33H57ClO5. The van der Waals surface area contributed by atoms with E-state index in [0.29, 0.717) is 18.4 Å². The van der Waals surface area contributed by atoms with Crippen LogP contribution < -0.4 is 0 Å². The SMILES string of the molecule is C.CC(C)(C)c1cc(C(C)(C)C)c(O)cc1O.COCCl.COCc1cc(O)c(C(C)(C)C)cc1C(C)(C)C. The smallest absolute Gasteiger partial charge is 0.123 e. The van der Waals surface area contributed by atoms with Gasteiger partial charge in [0.15, 0.2) is 0 Å². The van der Waals surface area contributed by atoms with Crippen LogP contribution in [0, 0.1) is 0 Å². The number of hydrogen-bond donors (Lipinski definition) is 3. The van der Waals surface area contributed by atoms with Crippen molar-refractivity contribution >= 4 is 11.6 Å². The van der Waals surface area contributed by atoms with Crippen LogP contribution in [0.25, 0.3) is 0 Å². The minimum Gasteiger partial charge on any atom is -0.508 e. The molecule has 2 rings (SSSR count). The number of benzene rings is 2. The van der Waals surface area contributed by atoms with Crippen LogP contribution in [0.5, 0.6) is 17.2 Å². The van der Waals surface area contributed by atoms with Crippen LogP contribution in [-0.2, 0) is 37.7 Å². The molecule has 0 aromatic heterocycles. The zero-order valence-corrected chi connectivity index (χ0v) is 27.0. The van der Waals surface area contributed by atoms with Crippen molar-refractivity contribution in [3.63, 3.8) is 0 Å². The molecule has 5 nitrogen and oxygen atoms in total. The molecule has 0 saturated heterocycles. The van der Waals surface area contributed by atoms with Gasteiger partial charge in [-0.2, -0.15) is 0 Å². The molecule has 0 spiro atoms. The molecule has 39 heavy (non-hydrogen) atoms. The molecule has 0 aliphatic rings. The van der Waals surface area contributed by atoms with Crippen molar-refractivity contribution in [3.8, 4) is 17.2 Å². The Labute approximate surface area is 244 Å². The van der Waals surface area contributed by atoms with Crippen LogP contribution in [0.15, 0.2) is 24.3 Å². The van der Waals surface area contributed by atoms with Crippen LogP contribution in [-0.4, -0.2) is 35.6 Å². The minimum atomic E-state index is -0.127. The molecule has 0 bridgehead atoms. The molecule has 6 heteroatoms. The number of alkyl halides is 1. The first-order valence-corrected chi connectivity index (χ1v) is 13.5. The van der Waals surface area contributed by atoms with Gasteiger partial charge in [0.25, 0.3) is 0 Å². The number of ether oxygens (including phenoxy) is 2. The quantitative estimate of drug-likeness (QED) is 0.321. The maximum absolute atomic E-state index is 10.2. The number of phenols is 3. The van der Waals surface area contributed by atoms with E-state index in [2.05, 4.69) is 52.3 Å². The van der Waals surface area contributed by atoms with Gasteiger partial charge in [-0.15, -0.1) is 0 Å². The molecule has 3 N–H and O–H groups in total. The summed E-state index contributed by atoms with van der Waals surface area (Å²) >= 11 is 4.96. The van der Waals surface area contributed by atoms with Gasteiger partial charge in [-0.1, -0.05) is 108 Å². The summed E-state index contributed by atoms with van der Waals surface area (Å²) in [4.78, 5) is 0. The summed E-state index contributed by atoms with van der Waals surface area (Å²) in [6, 6.07) is 7.63. The van der Waals surface area contributed by atoms with E-state index < -0.39 is 0 Å². The first kappa shape index (κ1) is 39.2. The van der Waals surface area contributed by atoms with Crippen molar-refractivity contribution in [2.75, 3.05) is 20.3 Å². The number of aromatic hydroxyl groups is 3. The summed E-state index contributed by atoms with van der Waals surface area (Å²) in [5, 5.41) is 29.9. The highest BCUT2D eigenvalue weighted by Gasteiger charge is 2.26. The van der Waals surface area contributed by atoms with E-state index in [4.69, 9.17) is 16.3 Å². The van der Waals surface area contributed by atoms with E-state index in [1.54, 1.807) is 14.2 Å². The van der Waals surface area contributed by atoms with Gasteiger partial charge < -0.3 is 24.8 Å². The predicted molar refractivity (Wildman–Crippen MR) is 168 cm³/mol. The van der Waals surface area contributed by atoms with Crippen LogP contribution in [0.4, 0.5) is 0 Å². The third-order valence-electron chi connectivity index (χ3n) is 5.98. The van der Waals surface area contributed by atoms with E-state index >= 15 is 0 Å². The highest BCUT2D eigenvalue weighted by Crippen LogP contribution is 2.40. The lowest BCUT2D eigenvalue weighted by Crippen LogP contribution is -2.19. The Kier molecular flexibility index (Phi) is 15.2. The minimum absolute atomic E-state index is 0. The Hall–Kier alpha value is -1.95. The molecule has 0 amide bonds. The fourth-order valence-electron chi connectivity index (χ4n) is 3.98. The first-order chi connectivity index (χ1) is 17.0. The van der Waals surface area contributed by atoms with E-state index in [1.807, 2.05) is 53.7 Å². The predicted octanol–water partition coefficient (Wildman–Crippen LogP) is 9.29. The second kappa shape index (κ2) is 15.2. The van der Waals surface area contributed by atoms with E-state index in [-0.39, 0.29) is 40.6 Å². The lowest BCUT2D eigenvalue weighted by atomic mass is 9.78. The first-order valence-electron chi connectivity index (χ1n) is 13.0. The highest BCUT2D eigenvalue weighted by atomic mass is 35.5. The molecule has 2 aromatic rings. The third-order valence-corrected chi connectivity index (χ3v) is 6.19. The molecule has 0 unspecified atom stereocenters. The van der Waals surface area contributed by atoms with Gasteiger partial charge in [-0.05, 0) is 61.6 Å². The van der Waals surface area contributed by atoms with Crippen molar-refractivity contribution in [1.29, 1.82) is 0 Å². The summed E-state index contributed by atoms with van der Waals surface area (Å²) in [6.45, 7) is 25.7. The largest absolute Gasteiger partial charge is 0.508 e. The van der Waals surface area contributed by atoms with E-state index in [1.165, 1.54) is 11.6 Å². The fourth-order valence-corrected chi connectivity index (χ4v) is 3.98. The Morgan fingerprint density at radius 1 is 0.538 bits per heavy atom. The summed E-state index contributed by atoms with van der Waals surface area (Å²) in [6.07, 6.45) is 0. The van der Waals surface area contributed by atoms with E-state index in [0.717, 1.165) is 22.3 Å². The number of methoxy groups -OCH3 is 2. The number of hydrogen-bond acceptors (Lipinski definition) is 5. The molecule has 226 valence electrons. The topological polar surface area (TPSA) is 79.2 Å². The Morgan fingerprint density at radius 2 is 0.821 bits per heavy atom. The van der Waals surface area contributed by atoms with Crippen molar-refractivity contribution in [1.82, 2.24) is 0 Å². The van der Waals surface area contributed by atoms with E-state index in [9.17, 15) is 15.3 Å². The Bertz CT molecular complexity index is 980. The number of phenolic OH excluding ortho intramolecular Hbond substituents is 3. The standard InChI is InChI=1S/C16H26O2.C14H22O2.C2H5ClO.CH4/c1-15(2,3)12-9-13(16(4,5)6)14(17)8-11(12)10-18-7;1-13(2,3)9-7-10(14(4,5)6)12(16)8-11(9)15;1-4-2-3;/h8-9,17H,10H2,1-7H3;7-8,15-16H,1-6H3;2H2,1H3;1H4. The van der Waals surface area contributed by atoms with Gasteiger partial charge in [0, 0.05) is 20.3 Å². The highest BCUT2D eigenvalue weighted by molar-refractivity contribution is 6.17. The molecule has 0 saturated carbocycles. The summed E-state index contributed by atoms with van der Waals surface area (Å²) in [7, 11) is 3.23. The van der Waals surface area contributed by atoms with Gasteiger partial charge >= 0.3 is 0 Å². The van der Waals surface area contributed by atoms with Crippen LogP contribution in [0.2, 0.25) is 0 Å². The summed E-state index contributed by atoms with van der Waals surface area (Å²) in [5.74, 6) is 0.693. The molecular weight excluding hydrogens is 512 g/mol. The van der Waals surface area contributed by atoms with Gasteiger partial charge in [0.05, 0.1) is 6.61 Å². The molecule has 2 aromatic carbocycles. The van der Waals surface area contributed by atoms with Gasteiger partial charge in [0.2, 0.25) is 0 Å². The second-order valence-electron chi connectivity index (χ2n) is 13.7. The Balaban J connectivity index is 0. The molecule has 0 aliphatic heterocycles. The second-order valence-corrected chi connectivity index (χ2v) is 14.0. The van der Waals surface area contributed by atoms with Gasteiger partial charge in [-0.25, -0.2) is 0 Å². The summed E-state index contributed by atoms with van der Waals surface area (Å²) in [5.41, 5.74) is 4.77. The fraction of sp³-hybridized carbons (Fsp3) is 0.636. The van der Waals surface area contributed by atoms with Crippen molar-refractivity contribution < 1.29 is 24.8 Å². The maximum atomic E-state index is 10.2. The van der Waals surface area contributed by atoms with Gasteiger partial charge in [0.1, 0.15) is 23.3 Å². The van der Waals surface area contributed by atoms with Gasteiger partial charge in [-0.3, -0.25) is 0 Å². The van der Waals surface area contributed by atoms with Crippen molar-refractivity contribution in [2.24, 2.45) is 0 Å². The number of rotatable bonds is 3. The third kappa shape index (κ3) is 12.4. The zero-order valence-electron chi connectivity index (χ0n) is 26.3. The molecule has 0 atom stereocenters.